The number of pyridine rings is 1. The van der Waals surface area contributed by atoms with Gasteiger partial charge in [-0.3, -0.25) is 4.79 Å². The quantitative estimate of drug-likeness (QED) is 0.818. The van der Waals surface area contributed by atoms with Crippen molar-refractivity contribution in [2.75, 3.05) is 13.1 Å². The summed E-state index contributed by atoms with van der Waals surface area (Å²) in [5.41, 5.74) is 6.92. The van der Waals surface area contributed by atoms with Crippen LogP contribution in [0, 0.1) is 0 Å². The summed E-state index contributed by atoms with van der Waals surface area (Å²) in [6.07, 6.45) is 7.03. The molecule has 0 spiro atoms. The van der Waals surface area contributed by atoms with Crippen molar-refractivity contribution in [3.63, 3.8) is 0 Å². The number of hydrogen-bond acceptors (Lipinski definition) is 3. The van der Waals surface area contributed by atoms with Gasteiger partial charge in [-0.1, -0.05) is 25.3 Å². The fourth-order valence-electron chi connectivity index (χ4n) is 3.74. The molecule has 0 unspecified atom stereocenters. The predicted molar refractivity (Wildman–Crippen MR) is 90.5 cm³/mol. The normalized spacial score (nSPS) is 22.5. The predicted octanol–water partition coefficient (Wildman–Crippen LogP) is 3.21. The molecule has 0 bridgehead atoms. The number of rotatable bonds is 2. The molecule has 1 saturated heterocycles. The molecule has 2 fully saturated rings. The third-order valence-corrected chi connectivity index (χ3v) is 5.55. The zero-order valence-electron chi connectivity index (χ0n) is 12.9. The first kappa shape index (κ1) is 15.9. The van der Waals surface area contributed by atoms with Gasteiger partial charge in [-0.25, -0.2) is 4.98 Å². The lowest BCUT2D eigenvalue weighted by atomic mass is 9.80. The van der Waals surface area contributed by atoms with Crippen molar-refractivity contribution in [1.29, 1.82) is 0 Å². The van der Waals surface area contributed by atoms with Gasteiger partial charge in [0.05, 0.1) is 5.54 Å². The van der Waals surface area contributed by atoms with Gasteiger partial charge in [-0.2, -0.15) is 0 Å². The van der Waals surface area contributed by atoms with Gasteiger partial charge >= 0.3 is 0 Å². The topological polar surface area (TPSA) is 59.2 Å². The van der Waals surface area contributed by atoms with E-state index in [4.69, 9.17) is 5.73 Å². The Morgan fingerprint density at radius 3 is 2.55 bits per heavy atom. The molecule has 1 aliphatic heterocycles. The number of aromatic nitrogens is 1. The zero-order chi connectivity index (χ0) is 15.6. The van der Waals surface area contributed by atoms with Gasteiger partial charge < -0.3 is 10.6 Å². The number of halogens is 1. The first-order valence-electron chi connectivity index (χ1n) is 8.29. The Balaban J connectivity index is 1.60. The van der Waals surface area contributed by atoms with E-state index in [1.165, 1.54) is 6.42 Å². The van der Waals surface area contributed by atoms with Gasteiger partial charge in [-0.15, -0.1) is 0 Å². The van der Waals surface area contributed by atoms with Gasteiger partial charge in [0.25, 0.3) is 0 Å². The van der Waals surface area contributed by atoms with Crippen LogP contribution in [0.15, 0.2) is 22.8 Å². The van der Waals surface area contributed by atoms with Gasteiger partial charge in [0.1, 0.15) is 4.60 Å². The zero-order valence-corrected chi connectivity index (χ0v) is 14.5. The van der Waals surface area contributed by atoms with Crippen LogP contribution >= 0.6 is 15.9 Å². The minimum absolute atomic E-state index is 0.174. The molecule has 0 aromatic carbocycles. The Morgan fingerprint density at radius 2 is 1.91 bits per heavy atom. The average Bonchev–Trinajstić information content (AvgIpc) is 2.55. The second kappa shape index (κ2) is 6.67. The summed E-state index contributed by atoms with van der Waals surface area (Å²) in [6.45, 7) is 1.60. The summed E-state index contributed by atoms with van der Waals surface area (Å²) >= 11 is 3.43. The first-order valence-corrected chi connectivity index (χ1v) is 9.08. The maximum atomic E-state index is 12.8. The SMILES string of the molecule is NC1(C(=O)N2CCC(c3cccc(Br)n3)CC2)CCCCC1. The van der Waals surface area contributed by atoms with Crippen LogP contribution in [0.5, 0.6) is 0 Å². The number of nitrogens with zero attached hydrogens (tertiary/aromatic N) is 2. The number of amides is 1. The molecule has 22 heavy (non-hydrogen) atoms. The number of nitrogens with two attached hydrogens (primary N) is 1. The van der Waals surface area contributed by atoms with Crippen LogP contribution in [-0.4, -0.2) is 34.4 Å². The van der Waals surface area contributed by atoms with E-state index in [2.05, 4.69) is 27.0 Å². The van der Waals surface area contributed by atoms with E-state index in [0.29, 0.717) is 5.92 Å². The highest BCUT2D eigenvalue weighted by Gasteiger charge is 2.39. The summed E-state index contributed by atoms with van der Waals surface area (Å²) < 4.78 is 0.881. The summed E-state index contributed by atoms with van der Waals surface area (Å²) in [6, 6.07) is 6.06. The molecule has 5 heteroatoms. The van der Waals surface area contributed by atoms with Crippen molar-refractivity contribution < 1.29 is 4.79 Å². The molecule has 4 nitrogen and oxygen atoms in total. The standard InChI is InChI=1S/C17H24BrN3O/c18-15-6-4-5-14(20-15)13-7-11-21(12-8-13)16(22)17(19)9-2-1-3-10-17/h4-6,13H,1-3,7-12,19H2. The van der Waals surface area contributed by atoms with Crippen LogP contribution in [0.3, 0.4) is 0 Å². The minimum atomic E-state index is -0.598. The van der Waals surface area contributed by atoms with E-state index in [1.807, 2.05) is 17.0 Å². The molecule has 2 N–H and O–H groups in total. The van der Waals surface area contributed by atoms with E-state index in [9.17, 15) is 4.79 Å². The molecule has 2 aliphatic rings. The Kier molecular flexibility index (Phi) is 4.83. The highest BCUT2D eigenvalue weighted by molar-refractivity contribution is 9.10. The Labute approximate surface area is 140 Å². The second-order valence-electron chi connectivity index (χ2n) is 6.67. The molecule has 1 amide bonds. The van der Waals surface area contributed by atoms with Crippen LogP contribution in [0.1, 0.15) is 56.6 Å². The van der Waals surface area contributed by atoms with Crippen molar-refractivity contribution in [3.05, 3.63) is 28.5 Å². The van der Waals surface area contributed by atoms with Crippen molar-refractivity contribution >= 4 is 21.8 Å². The van der Waals surface area contributed by atoms with Crippen molar-refractivity contribution in [2.24, 2.45) is 5.73 Å². The van der Waals surface area contributed by atoms with Gasteiger partial charge in [0, 0.05) is 24.7 Å². The summed E-state index contributed by atoms with van der Waals surface area (Å²) in [5, 5.41) is 0. The number of carbonyl (C=O) groups is 1. The van der Waals surface area contributed by atoms with Gasteiger partial charge in [0.2, 0.25) is 5.91 Å². The highest BCUT2D eigenvalue weighted by Crippen LogP contribution is 2.32. The number of hydrogen-bond donors (Lipinski definition) is 1. The second-order valence-corrected chi connectivity index (χ2v) is 7.48. The van der Waals surface area contributed by atoms with Crippen molar-refractivity contribution in [3.8, 4) is 0 Å². The fourth-order valence-corrected chi connectivity index (χ4v) is 4.10. The van der Waals surface area contributed by atoms with E-state index in [0.717, 1.165) is 61.9 Å². The highest BCUT2D eigenvalue weighted by atomic mass is 79.9. The van der Waals surface area contributed by atoms with E-state index in [1.54, 1.807) is 0 Å². The first-order chi connectivity index (χ1) is 10.6. The van der Waals surface area contributed by atoms with Crippen LogP contribution in [-0.2, 0) is 4.79 Å². The van der Waals surface area contributed by atoms with Crippen LogP contribution in [0.4, 0.5) is 0 Å². The van der Waals surface area contributed by atoms with Crippen LogP contribution in [0.25, 0.3) is 0 Å². The monoisotopic (exact) mass is 365 g/mol. The molecule has 1 saturated carbocycles. The van der Waals surface area contributed by atoms with E-state index < -0.39 is 5.54 Å². The molecular formula is C17H24BrN3O. The van der Waals surface area contributed by atoms with Gasteiger partial charge in [-0.05, 0) is 53.7 Å². The Morgan fingerprint density at radius 1 is 1.23 bits per heavy atom. The molecule has 1 aromatic rings. The van der Waals surface area contributed by atoms with Gasteiger partial charge in [0.15, 0.2) is 0 Å². The fraction of sp³-hybridized carbons (Fsp3) is 0.647. The van der Waals surface area contributed by atoms with E-state index >= 15 is 0 Å². The maximum absolute atomic E-state index is 12.8. The summed E-state index contributed by atoms with van der Waals surface area (Å²) in [5.74, 6) is 0.620. The molecule has 1 aliphatic carbocycles. The smallest absolute Gasteiger partial charge is 0.242 e. The van der Waals surface area contributed by atoms with Crippen LogP contribution < -0.4 is 5.73 Å². The molecule has 1 aromatic heterocycles. The maximum Gasteiger partial charge on any atom is 0.242 e. The van der Waals surface area contributed by atoms with Crippen molar-refractivity contribution in [2.45, 2.75) is 56.4 Å². The minimum Gasteiger partial charge on any atom is -0.341 e. The lowest BCUT2D eigenvalue weighted by Gasteiger charge is -2.40. The number of piperidine rings is 1. The number of likely N-dealkylation sites (tertiary alicyclic amines) is 1. The average molecular weight is 366 g/mol. The van der Waals surface area contributed by atoms with Crippen LogP contribution in [0.2, 0.25) is 0 Å². The Bertz CT molecular complexity index is 534. The molecule has 2 heterocycles. The van der Waals surface area contributed by atoms with Crippen molar-refractivity contribution in [1.82, 2.24) is 9.88 Å². The lowest BCUT2D eigenvalue weighted by molar-refractivity contribution is -0.139. The number of carbonyl (C=O) groups excluding carboxylic acids is 1. The lowest BCUT2D eigenvalue weighted by Crippen LogP contribution is -2.57. The molecular weight excluding hydrogens is 342 g/mol. The summed E-state index contributed by atoms with van der Waals surface area (Å²) in [7, 11) is 0. The Hall–Kier alpha value is -0.940. The molecule has 0 atom stereocenters. The molecule has 120 valence electrons. The molecule has 3 rings (SSSR count). The largest absolute Gasteiger partial charge is 0.341 e. The molecule has 0 radical (unpaired) electrons. The third-order valence-electron chi connectivity index (χ3n) is 5.11. The van der Waals surface area contributed by atoms with E-state index in [-0.39, 0.29) is 5.91 Å². The third kappa shape index (κ3) is 3.35. The summed E-state index contributed by atoms with van der Waals surface area (Å²) in [4.78, 5) is 19.3.